The summed E-state index contributed by atoms with van der Waals surface area (Å²) in [6.45, 7) is 4.38. The molecule has 3 aliphatic heterocycles. The van der Waals surface area contributed by atoms with E-state index in [2.05, 4.69) is 16.6 Å². The van der Waals surface area contributed by atoms with Gasteiger partial charge in [-0.25, -0.2) is 18.1 Å². The van der Waals surface area contributed by atoms with Gasteiger partial charge in [-0.1, -0.05) is 6.92 Å². The third kappa shape index (κ3) is 3.52. The zero-order chi connectivity index (χ0) is 19.2. The third-order valence-corrected chi connectivity index (χ3v) is 7.09. The maximum atomic E-state index is 12.8. The lowest BCUT2D eigenvalue weighted by atomic mass is 9.74. The minimum atomic E-state index is -3.22. The molecule has 27 heavy (non-hydrogen) atoms. The zero-order valence-corrected chi connectivity index (χ0v) is 16.7. The summed E-state index contributed by atoms with van der Waals surface area (Å²) in [4.78, 5) is 19.0. The summed E-state index contributed by atoms with van der Waals surface area (Å²) in [6.07, 6.45) is 8.19. The molecule has 0 radical (unpaired) electrons. The molecule has 0 saturated carbocycles. The summed E-state index contributed by atoms with van der Waals surface area (Å²) in [5, 5.41) is 0. The molecule has 4 atom stereocenters. The molecule has 1 spiro atoms. The van der Waals surface area contributed by atoms with Crippen LogP contribution in [0.25, 0.3) is 0 Å². The Morgan fingerprint density at radius 1 is 1.48 bits per heavy atom. The van der Waals surface area contributed by atoms with Crippen molar-refractivity contribution in [3.8, 4) is 0 Å². The molecule has 1 amide bonds. The van der Waals surface area contributed by atoms with E-state index in [1.54, 1.807) is 6.20 Å². The van der Waals surface area contributed by atoms with Gasteiger partial charge in [0.25, 0.3) is 0 Å². The average molecular weight is 397 g/mol. The summed E-state index contributed by atoms with van der Waals surface area (Å²) in [7, 11) is -3.22. The quantitative estimate of drug-likeness (QED) is 0.720. The van der Waals surface area contributed by atoms with Crippen LogP contribution >= 0.6 is 0 Å². The van der Waals surface area contributed by atoms with Gasteiger partial charge in [0.05, 0.1) is 24.5 Å². The highest BCUT2D eigenvalue weighted by Gasteiger charge is 2.63. The van der Waals surface area contributed by atoms with E-state index < -0.39 is 10.0 Å². The number of hydrogen-bond acceptors (Lipinski definition) is 5. The maximum absolute atomic E-state index is 12.8. The Bertz CT molecular complexity index is 823. The van der Waals surface area contributed by atoms with E-state index in [0.717, 1.165) is 25.1 Å². The molecule has 0 unspecified atom stereocenters. The Kier molecular flexibility index (Phi) is 4.80. The number of fused-ring (bicyclic) bond motifs is 1. The number of sulfonamides is 1. The van der Waals surface area contributed by atoms with Gasteiger partial charge in [-0.05, 0) is 12.8 Å². The highest BCUT2D eigenvalue weighted by Crippen LogP contribution is 2.54. The molecule has 8 nitrogen and oxygen atoms in total. The number of nitrogens with zero attached hydrogens (tertiary/aromatic N) is 3. The second-order valence-corrected chi connectivity index (χ2v) is 9.90. The van der Waals surface area contributed by atoms with E-state index in [9.17, 15) is 13.2 Å². The number of rotatable bonds is 7. The van der Waals surface area contributed by atoms with Crippen LogP contribution in [0.3, 0.4) is 0 Å². The number of amides is 1. The lowest BCUT2D eigenvalue weighted by molar-refractivity contribution is -0.132. The topological polar surface area (TPSA) is 93.5 Å². The van der Waals surface area contributed by atoms with Crippen molar-refractivity contribution in [2.24, 2.45) is 11.8 Å². The van der Waals surface area contributed by atoms with Gasteiger partial charge in [0.2, 0.25) is 15.9 Å². The summed E-state index contributed by atoms with van der Waals surface area (Å²) in [5.74, 6) is 1.49. The van der Waals surface area contributed by atoms with Crippen molar-refractivity contribution in [3.05, 3.63) is 18.2 Å². The van der Waals surface area contributed by atoms with Gasteiger partial charge < -0.3 is 14.2 Å². The number of likely N-dealkylation sites (tertiary alicyclic amines) is 1. The SMILES string of the molecule is CCc1nccn1CCC(=O)N1C[C@@H]2[C@H](CNS(C)(=O)=O)[C@H]3CC[C@]2(C1)O3. The van der Waals surface area contributed by atoms with Crippen molar-refractivity contribution in [2.45, 2.75) is 50.9 Å². The van der Waals surface area contributed by atoms with Crippen LogP contribution in [0.4, 0.5) is 0 Å². The fourth-order valence-corrected chi connectivity index (χ4v) is 5.63. The van der Waals surface area contributed by atoms with Crippen LogP contribution in [-0.2, 0) is 32.5 Å². The number of hydrogen-bond donors (Lipinski definition) is 1. The van der Waals surface area contributed by atoms with E-state index in [-0.39, 0.29) is 29.4 Å². The second-order valence-electron chi connectivity index (χ2n) is 8.07. The van der Waals surface area contributed by atoms with Crippen molar-refractivity contribution in [1.29, 1.82) is 0 Å². The first kappa shape index (κ1) is 18.9. The molecular formula is C18H28N4O4S. The van der Waals surface area contributed by atoms with Gasteiger partial charge in [0.15, 0.2) is 0 Å². The lowest BCUT2D eigenvalue weighted by Gasteiger charge is -2.29. The summed E-state index contributed by atoms with van der Waals surface area (Å²) >= 11 is 0. The number of aryl methyl sites for hydroxylation is 2. The van der Waals surface area contributed by atoms with Crippen molar-refractivity contribution < 1.29 is 17.9 Å². The van der Waals surface area contributed by atoms with Crippen molar-refractivity contribution in [3.63, 3.8) is 0 Å². The van der Waals surface area contributed by atoms with Crippen molar-refractivity contribution in [2.75, 3.05) is 25.9 Å². The molecule has 0 aromatic carbocycles. The number of carbonyl (C=O) groups is 1. The van der Waals surface area contributed by atoms with E-state index in [1.165, 1.54) is 6.26 Å². The Labute approximate surface area is 160 Å². The van der Waals surface area contributed by atoms with Crippen molar-refractivity contribution in [1.82, 2.24) is 19.2 Å². The molecule has 1 aromatic rings. The van der Waals surface area contributed by atoms with Gasteiger partial charge in [0, 0.05) is 56.7 Å². The molecule has 3 saturated heterocycles. The Hall–Kier alpha value is -1.45. The van der Waals surface area contributed by atoms with Crippen LogP contribution < -0.4 is 4.72 Å². The fraction of sp³-hybridized carbons (Fsp3) is 0.778. The van der Waals surface area contributed by atoms with Crippen molar-refractivity contribution >= 4 is 15.9 Å². The number of ether oxygens (including phenoxy) is 1. The molecular weight excluding hydrogens is 368 g/mol. The molecule has 4 rings (SSSR count). The van der Waals surface area contributed by atoms with Gasteiger partial charge in [-0.3, -0.25) is 4.79 Å². The van der Waals surface area contributed by atoms with E-state index in [4.69, 9.17) is 4.74 Å². The maximum Gasteiger partial charge on any atom is 0.224 e. The average Bonchev–Trinajstić information content (AvgIpc) is 3.35. The first-order valence-electron chi connectivity index (χ1n) is 9.71. The molecule has 3 fully saturated rings. The van der Waals surface area contributed by atoms with Gasteiger partial charge in [-0.15, -0.1) is 0 Å². The van der Waals surface area contributed by atoms with Crippen LogP contribution in [0.2, 0.25) is 0 Å². The summed E-state index contributed by atoms with van der Waals surface area (Å²) in [5.41, 5.74) is -0.270. The first-order chi connectivity index (χ1) is 12.8. The smallest absolute Gasteiger partial charge is 0.224 e. The predicted octanol–water partition coefficient (Wildman–Crippen LogP) is 0.391. The van der Waals surface area contributed by atoms with Gasteiger partial charge in [-0.2, -0.15) is 0 Å². The van der Waals surface area contributed by atoms with E-state index >= 15 is 0 Å². The van der Waals surface area contributed by atoms with Crippen LogP contribution in [0.5, 0.6) is 0 Å². The largest absolute Gasteiger partial charge is 0.369 e. The zero-order valence-electron chi connectivity index (χ0n) is 15.9. The predicted molar refractivity (Wildman–Crippen MR) is 99.5 cm³/mol. The summed E-state index contributed by atoms with van der Waals surface area (Å²) < 4.78 is 33.9. The molecule has 2 bridgehead atoms. The Balaban J connectivity index is 1.39. The minimum absolute atomic E-state index is 0.111. The van der Waals surface area contributed by atoms with Crippen LogP contribution in [-0.4, -0.2) is 66.4 Å². The number of nitrogens with one attached hydrogen (secondary N) is 1. The molecule has 4 heterocycles. The number of imidazole rings is 1. The molecule has 3 aliphatic rings. The second kappa shape index (κ2) is 6.86. The summed E-state index contributed by atoms with van der Waals surface area (Å²) in [6, 6.07) is 0. The standard InChI is InChI=1S/C18H28N4O4S/c1-3-16-19-7-9-21(16)8-5-17(23)22-11-14-13(10-20-27(2,24)25)15-4-6-18(14,12-22)26-15/h7,9,13-15,20H,3-6,8,10-12H2,1-2H3/t13-,14+,15+,18+/m0/s1. The van der Waals surface area contributed by atoms with Gasteiger partial charge >= 0.3 is 0 Å². The number of aromatic nitrogens is 2. The first-order valence-corrected chi connectivity index (χ1v) is 11.6. The highest BCUT2D eigenvalue weighted by molar-refractivity contribution is 7.88. The normalized spacial score (nSPS) is 32.2. The monoisotopic (exact) mass is 396 g/mol. The van der Waals surface area contributed by atoms with Crippen LogP contribution in [0, 0.1) is 11.8 Å². The Morgan fingerprint density at radius 2 is 2.30 bits per heavy atom. The van der Waals surface area contributed by atoms with E-state index in [0.29, 0.717) is 32.6 Å². The third-order valence-electron chi connectivity index (χ3n) is 6.40. The minimum Gasteiger partial charge on any atom is -0.369 e. The Morgan fingerprint density at radius 3 is 3.04 bits per heavy atom. The lowest BCUT2D eigenvalue weighted by Crippen LogP contribution is -2.41. The molecule has 0 aliphatic carbocycles. The molecule has 1 N–H and O–H groups in total. The highest BCUT2D eigenvalue weighted by atomic mass is 32.2. The molecule has 1 aromatic heterocycles. The molecule has 9 heteroatoms. The van der Waals surface area contributed by atoms with Crippen LogP contribution in [0.15, 0.2) is 12.4 Å². The fourth-order valence-electron chi connectivity index (χ4n) is 5.13. The van der Waals surface area contributed by atoms with E-state index in [1.807, 2.05) is 15.7 Å². The van der Waals surface area contributed by atoms with Gasteiger partial charge in [0.1, 0.15) is 5.82 Å². The number of carbonyl (C=O) groups excluding carboxylic acids is 1. The molecule has 150 valence electrons. The van der Waals surface area contributed by atoms with Crippen LogP contribution in [0.1, 0.15) is 32.0 Å².